The first kappa shape index (κ1) is 17.7. The molecule has 5 nitrogen and oxygen atoms in total. The predicted molar refractivity (Wildman–Crippen MR) is 83.8 cm³/mol. The van der Waals surface area contributed by atoms with Crippen molar-refractivity contribution in [1.82, 2.24) is 4.72 Å². The molecule has 114 valence electrons. The summed E-state index contributed by atoms with van der Waals surface area (Å²) in [6.07, 6.45) is 2.18. The largest absolute Gasteiger partial charge is 0.497 e. The van der Waals surface area contributed by atoms with E-state index in [0.717, 1.165) is 12.8 Å². The monoisotopic (exact) mass is 384 g/mol. The average molecular weight is 386 g/mol. The van der Waals surface area contributed by atoms with E-state index in [1.54, 1.807) is 6.07 Å². The summed E-state index contributed by atoms with van der Waals surface area (Å²) >= 11 is 3.26. The molecule has 0 heterocycles. The van der Waals surface area contributed by atoms with Crippen LogP contribution in [0.25, 0.3) is 0 Å². The lowest BCUT2D eigenvalue weighted by Crippen LogP contribution is -2.38. The molecule has 0 aliphatic heterocycles. The second-order valence-electron chi connectivity index (χ2n) is 4.68. The van der Waals surface area contributed by atoms with Gasteiger partial charge in [-0.25, -0.2) is 13.1 Å². The highest BCUT2D eigenvalue weighted by molar-refractivity contribution is 9.10. The summed E-state index contributed by atoms with van der Waals surface area (Å²) in [5.41, 5.74) is 5.89. The first-order valence-corrected chi connectivity index (χ1v) is 8.30. The summed E-state index contributed by atoms with van der Waals surface area (Å²) in [5.74, 6) is 0.945. The van der Waals surface area contributed by atoms with Gasteiger partial charge in [0.25, 0.3) is 0 Å². The highest BCUT2D eigenvalue weighted by Gasteiger charge is 2.29. The normalized spacial score (nSPS) is 16.4. The van der Waals surface area contributed by atoms with E-state index in [-0.39, 0.29) is 29.9 Å². The van der Waals surface area contributed by atoms with Gasteiger partial charge >= 0.3 is 0 Å². The third-order valence-electron chi connectivity index (χ3n) is 3.13. The Morgan fingerprint density at radius 1 is 1.45 bits per heavy atom. The van der Waals surface area contributed by atoms with E-state index in [1.807, 2.05) is 0 Å². The minimum atomic E-state index is -3.56. The number of rotatable bonds is 6. The molecule has 1 unspecified atom stereocenters. The van der Waals surface area contributed by atoms with E-state index < -0.39 is 10.0 Å². The number of ether oxygens (including phenoxy) is 1. The fourth-order valence-electron chi connectivity index (χ4n) is 1.79. The summed E-state index contributed by atoms with van der Waals surface area (Å²) in [5, 5.41) is 0. The van der Waals surface area contributed by atoms with Crippen LogP contribution in [0.15, 0.2) is 27.6 Å². The molecule has 20 heavy (non-hydrogen) atoms. The van der Waals surface area contributed by atoms with Gasteiger partial charge in [-0.15, -0.1) is 12.4 Å². The second-order valence-corrected chi connectivity index (χ2v) is 7.36. The van der Waals surface area contributed by atoms with E-state index >= 15 is 0 Å². The third kappa shape index (κ3) is 4.60. The number of halogens is 2. The van der Waals surface area contributed by atoms with Gasteiger partial charge in [0.2, 0.25) is 10.0 Å². The average Bonchev–Trinajstić information content (AvgIpc) is 3.19. The smallest absolute Gasteiger partial charge is 0.240 e. The molecule has 1 aliphatic rings. The van der Waals surface area contributed by atoms with Gasteiger partial charge < -0.3 is 10.5 Å². The number of benzene rings is 1. The van der Waals surface area contributed by atoms with Gasteiger partial charge in [0.15, 0.2) is 0 Å². The topological polar surface area (TPSA) is 81.4 Å². The highest BCUT2D eigenvalue weighted by Crippen LogP contribution is 2.31. The number of hydrogen-bond acceptors (Lipinski definition) is 4. The minimum Gasteiger partial charge on any atom is -0.497 e. The van der Waals surface area contributed by atoms with Gasteiger partial charge in [-0.2, -0.15) is 0 Å². The molecule has 0 bridgehead atoms. The minimum absolute atomic E-state index is 0. The molecular formula is C12H18BrClN2O3S. The van der Waals surface area contributed by atoms with Gasteiger partial charge in [-0.05, 0) is 30.9 Å². The molecule has 3 N–H and O–H groups in total. The number of nitrogens with two attached hydrogens (primary N) is 1. The molecule has 0 saturated heterocycles. The Bertz CT molecular complexity index is 564. The molecule has 2 rings (SSSR count). The number of sulfonamides is 1. The van der Waals surface area contributed by atoms with Crippen LogP contribution in [0.5, 0.6) is 5.75 Å². The lowest BCUT2D eigenvalue weighted by Gasteiger charge is -2.13. The van der Waals surface area contributed by atoms with Crippen LogP contribution in [0.1, 0.15) is 12.8 Å². The Morgan fingerprint density at radius 3 is 2.65 bits per heavy atom. The van der Waals surface area contributed by atoms with E-state index in [0.29, 0.717) is 16.1 Å². The van der Waals surface area contributed by atoms with Crippen LogP contribution in [0.3, 0.4) is 0 Å². The second kappa shape index (κ2) is 7.09. The van der Waals surface area contributed by atoms with E-state index in [1.165, 1.54) is 19.2 Å². The van der Waals surface area contributed by atoms with Crippen molar-refractivity contribution in [1.29, 1.82) is 0 Å². The Morgan fingerprint density at radius 2 is 2.10 bits per heavy atom. The molecule has 1 fully saturated rings. The Balaban J connectivity index is 0.00000200. The predicted octanol–water partition coefficient (Wildman–Crippen LogP) is 1.90. The van der Waals surface area contributed by atoms with Crippen LogP contribution >= 0.6 is 28.3 Å². The fourth-order valence-corrected chi connectivity index (χ4v) is 3.55. The maximum Gasteiger partial charge on any atom is 0.240 e. The van der Waals surface area contributed by atoms with Gasteiger partial charge in [0.05, 0.1) is 12.0 Å². The fraction of sp³-hybridized carbons (Fsp3) is 0.500. The molecule has 0 aromatic heterocycles. The molecule has 0 spiro atoms. The SMILES string of the molecule is COc1cc(Br)cc(S(=O)(=O)NCC(N)C2CC2)c1.Cl. The van der Waals surface area contributed by atoms with Crippen molar-refractivity contribution < 1.29 is 13.2 Å². The first-order chi connectivity index (χ1) is 8.92. The zero-order valence-electron chi connectivity index (χ0n) is 11.0. The summed E-state index contributed by atoms with van der Waals surface area (Å²) in [4.78, 5) is 0.168. The Labute approximate surface area is 133 Å². The van der Waals surface area contributed by atoms with Crippen molar-refractivity contribution in [3.05, 3.63) is 22.7 Å². The van der Waals surface area contributed by atoms with Crippen LogP contribution in [0.2, 0.25) is 0 Å². The lowest BCUT2D eigenvalue weighted by atomic mass is 10.2. The lowest BCUT2D eigenvalue weighted by molar-refractivity contribution is 0.413. The quantitative estimate of drug-likeness (QED) is 0.783. The number of methoxy groups -OCH3 is 1. The molecule has 0 radical (unpaired) electrons. The van der Waals surface area contributed by atoms with Gasteiger partial charge in [-0.1, -0.05) is 15.9 Å². The van der Waals surface area contributed by atoms with Crippen molar-refractivity contribution in [3.63, 3.8) is 0 Å². The summed E-state index contributed by atoms with van der Waals surface area (Å²) in [7, 11) is -2.06. The molecule has 1 aromatic carbocycles. The number of hydrogen-bond donors (Lipinski definition) is 2. The highest BCUT2D eigenvalue weighted by atomic mass is 79.9. The first-order valence-electron chi connectivity index (χ1n) is 6.02. The molecule has 1 aliphatic carbocycles. The summed E-state index contributed by atoms with van der Waals surface area (Å²) in [6.45, 7) is 0.266. The van der Waals surface area contributed by atoms with E-state index in [9.17, 15) is 8.42 Å². The van der Waals surface area contributed by atoms with Crippen molar-refractivity contribution in [2.24, 2.45) is 11.7 Å². The summed E-state index contributed by atoms with van der Waals surface area (Å²) < 4.78 is 32.6. The van der Waals surface area contributed by atoms with Crippen molar-refractivity contribution in [3.8, 4) is 5.75 Å². The van der Waals surface area contributed by atoms with Crippen LogP contribution in [-0.2, 0) is 10.0 Å². The zero-order chi connectivity index (χ0) is 14.0. The van der Waals surface area contributed by atoms with Gasteiger partial charge in [0, 0.05) is 23.1 Å². The van der Waals surface area contributed by atoms with Crippen molar-refractivity contribution in [2.45, 2.75) is 23.8 Å². The van der Waals surface area contributed by atoms with Crippen molar-refractivity contribution >= 4 is 38.4 Å². The zero-order valence-corrected chi connectivity index (χ0v) is 14.2. The molecule has 0 amide bonds. The van der Waals surface area contributed by atoms with Crippen molar-refractivity contribution in [2.75, 3.05) is 13.7 Å². The number of nitrogens with one attached hydrogen (secondary N) is 1. The molecule has 1 aromatic rings. The third-order valence-corrected chi connectivity index (χ3v) is 4.99. The maximum atomic E-state index is 12.2. The van der Waals surface area contributed by atoms with Crippen LogP contribution in [-0.4, -0.2) is 28.1 Å². The Kier molecular flexibility index (Phi) is 6.27. The molecule has 8 heteroatoms. The van der Waals surface area contributed by atoms with E-state index in [4.69, 9.17) is 10.5 Å². The van der Waals surface area contributed by atoms with Crippen LogP contribution in [0.4, 0.5) is 0 Å². The van der Waals surface area contributed by atoms with Crippen LogP contribution < -0.4 is 15.2 Å². The van der Waals surface area contributed by atoms with Gasteiger partial charge in [-0.3, -0.25) is 0 Å². The maximum absolute atomic E-state index is 12.2. The summed E-state index contributed by atoms with van der Waals surface area (Å²) in [6, 6.07) is 4.61. The van der Waals surface area contributed by atoms with Gasteiger partial charge in [0.1, 0.15) is 5.75 Å². The molecule has 1 atom stereocenters. The molecular weight excluding hydrogens is 368 g/mol. The standard InChI is InChI=1S/C12H17BrN2O3S.ClH/c1-18-10-4-9(13)5-11(6-10)19(16,17)15-7-12(14)8-2-3-8;/h4-6,8,12,15H,2-3,7,14H2,1H3;1H. The molecule has 1 saturated carbocycles. The van der Waals surface area contributed by atoms with Crippen LogP contribution in [0, 0.1) is 5.92 Å². The Hall–Kier alpha value is -0.340. The van der Waals surface area contributed by atoms with E-state index in [2.05, 4.69) is 20.7 Å².